The first kappa shape index (κ1) is 18.8. The monoisotopic (exact) mass is 326 g/mol. The number of rotatable bonds is 5. The molecule has 5 heteroatoms. The van der Waals surface area contributed by atoms with Crippen molar-refractivity contribution in [2.45, 2.75) is 64.0 Å². The number of nitrogens with one attached hydrogen (secondary N) is 1. The number of amides is 1. The van der Waals surface area contributed by atoms with E-state index in [1.54, 1.807) is 0 Å². The summed E-state index contributed by atoms with van der Waals surface area (Å²) in [7, 11) is 0. The Morgan fingerprint density at radius 3 is 2.41 bits per heavy atom. The Morgan fingerprint density at radius 1 is 1.27 bits per heavy atom. The summed E-state index contributed by atoms with van der Waals surface area (Å²) >= 11 is 0. The van der Waals surface area contributed by atoms with Crippen LogP contribution in [-0.2, 0) is 4.79 Å². The molecule has 1 aromatic rings. The molecule has 1 unspecified atom stereocenters. The van der Waals surface area contributed by atoms with Gasteiger partial charge in [-0.05, 0) is 50.5 Å². The van der Waals surface area contributed by atoms with Gasteiger partial charge in [0.05, 0.1) is 11.6 Å². The van der Waals surface area contributed by atoms with E-state index in [4.69, 9.17) is 10.5 Å². The molecular formula is C17H27ClN2O2. The summed E-state index contributed by atoms with van der Waals surface area (Å²) in [4.78, 5) is 12.3. The molecular weight excluding hydrogens is 300 g/mol. The molecule has 1 amide bonds. The van der Waals surface area contributed by atoms with Crippen molar-refractivity contribution in [2.24, 2.45) is 5.73 Å². The highest BCUT2D eigenvalue weighted by Crippen LogP contribution is 2.27. The number of carbonyl (C=O) groups is 1. The summed E-state index contributed by atoms with van der Waals surface area (Å²) in [6, 6.07) is 7.49. The molecule has 0 radical (unpaired) electrons. The molecule has 0 spiro atoms. The van der Waals surface area contributed by atoms with Crippen molar-refractivity contribution in [3.05, 3.63) is 24.3 Å². The third-order valence-corrected chi connectivity index (χ3v) is 4.22. The van der Waals surface area contributed by atoms with Crippen molar-refractivity contribution < 1.29 is 9.53 Å². The lowest BCUT2D eigenvalue weighted by atomic mass is 9.82. The lowest BCUT2D eigenvalue weighted by molar-refractivity contribution is -0.122. The summed E-state index contributed by atoms with van der Waals surface area (Å²) in [5.74, 6) is 0.750. The fourth-order valence-corrected chi connectivity index (χ4v) is 2.60. The highest BCUT2D eigenvalue weighted by molar-refractivity contribution is 5.98. The van der Waals surface area contributed by atoms with Crippen molar-refractivity contribution in [1.29, 1.82) is 0 Å². The Bertz CT molecular complexity index is 470. The van der Waals surface area contributed by atoms with Crippen LogP contribution in [0.1, 0.15) is 52.4 Å². The predicted molar refractivity (Wildman–Crippen MR) is 92.7 cm³/mol. The first-order valence-electron chi connectivity index (χ1n) is 7.90. The maximum Gasteiger partial charge on any atom is 0.244 e. The number of benzene rings is 1. The van der Waals surface area contributed by atoms with Crippen molar-refractivity contribution >= 4 is 24.0 Å². The Hall–Kier alpha value is -1.26. The van der Waals surface area contributed by atoms with Gasteiger partial charge in [-0.3, -0.25) is 4.79 Å². The van der Waals surface area contributed by atoms with Crippen LogP contribution in [0, 0.1) is 0 Å². The first-order chi connectivity index (χ1) is 10.0. The quantitative estimate of drug-likeness (QED) is 0.862. The maximum absolute atomic E-state index is 12.3. The standard InChI is InChI=1S/C17H26N2O2.ClH/c1-3-13(2)21-15-9-7-14(8-10-15)19-16(20)17(18)11-5-4-6-12-17;/h7-10,13H,3-6,11-12,18H2,1-2H3,(H,19,20);1H. The molecule has 0 heterocycles. The van der Waals surface area contributed by atoms with Gasteiger partial charge in [-0.25, -0.2) is 0 Å². The minimum atomic E-state index is -0.704. The Kier molecular flexibility index (Phi) is 7.17. The number of hydrogen-bond donors (Lipinski definition) is 2. The zero-order valence-corrected chi connectivity index (χ0v) is 14.2. The molecule has 1 fully saturated rings. The van der Waals surface area contributed by atoms with Crippen LogP contribution >= 0.6 is 12.4 Å². The van der Waals surface area contributed by atoms with Crippen LogP contribution in [0.15, 0.2) is 24.3 Å². The maximum atomic E-state index is 12.3. The van der Waals surface area contributed by atoms with E-state index in [0.717, 1.165) is 43.5 Å². The number of ether oxygens (including phenoxy) is 1. The van der Waals surface area contributed by atoms with E-state index in [9.17, 15) is 4.79 Å². The van der Waals surface area contributed by atoms with Gasteiger partial charge < -0.3 is 15.8 Å². The second-order valence-electron chi connectivity index (χ2n) is 6.03. The predicted octanol–water partition coefficient (Wildman–Crippen LogP) is 3.89. The van der Waals surface area contributed by atoms with Gasteiger partial charge in [-0.1, -0.05) is 26.2 Å². The third-order valence-electron chi connectivity index (χ3n) is 4.22. The molecule has 0 aliphatic heterocycles. The smallest absolute Gasteiger partial charge is 0.244 e. The summed E-state index contributed by atoms with van der Waals surface area (Å²) in [6.07, 6.45) is 5.95. The van der Waals surface area contributed by atoms with Crippen LogP contribution in [0.5, 0.6) is 5.75 Å². The third kappa shape index (κ3) is 4.89. The molecule has 3 N–H and O–H groups in total. The van der Waals surface area contributed by atoms with Crippen LogP contribution in [0.3, 0.4) is 0 Å². The fraction of sp³-hybridized carbons (Fsp3) is 0.588. The van der Waals surface area contributed by atoms with Crippen LogP contribution in [0.25, 0.3) is 0 Å². The summed E-state index contributed by atoms with van der Waals surface area (Å²) in [5, 5.41) is 2.93. The van der Waals surface area contributed by atoms with Crippen molar-refractivity contribution in [3.63, 3.8) is 0 Å². The van der Waals surface area contributed by atoms with E-state index in [1.165, 1.54) is 6.42 Å². The van der Waals surface area contributed by atoms with Gasteiger partial charge in [-0.15, -0.1) is 12.4 Å². The number of anilines is 1. The van der Waals surface area contributed by atoms with Gasteiger partial charge in [0.25, 0.3) is 0 Å². The van der Waals surface area contributed by atoms with Crippen molar-refractivity contribution in [2.75, 3.05) is 5.32 Å². The topological polar surface area (TPSA) is 64.3 Å². The summed E-state index contributed by atoms with van der Waals surface area (Å²) in [5.41, 5.74) is 6.29. The van der Waals surface area contributed by atoms with Gasteiger partial charge in [0.1, 0.15) is 5.75 Å². The second-order valence-corrected chi connectivity index (χ2v) is 6.03. The lowest BCUT2D eigenvalue weighted by Crippen LogP contribution is -2.52. The van der Waals surface area contributed by atoms with Gasteiger partial charge >= 0.3 is 0 Å². The fourth-order valence-electron chi connectivity index (χ4n) is 2.60. The van der Waals surface area contributed by atoms with Crippen molar-refractivity contribution in [3.8, 4) is 5.75 Å². The zero-order valence-electron chi connectivity index (χ0n) is 13.4. The van der Waals surface area contributed by atoms with E-state index < -0.39 is 5.54 Å². The Morgan fingerprint density at radius 2 is 1.86 bits per heavy atom. The molecule has 2 rings (SSSR count). The summed E-state index contributed by atoms with van der Waals surface area (Å²) in [6.45, 7) is 4.13. The largest absolute Gasteiger partial charge is 0.491 e. The van der Waals surface area contributed by atoms with Crippen LogP contribution in [0.4, 0.5) is 5.69 Å². The summed E-state index contributed by atoms with van der Waals surface area (Å²) < 4.78 is 5.72. The molecule has 1 aromatic carbocycles. The molecule has 1 saturated carbocycles. The van der Waals surface area contributed by atoms with E-state index in [-0.39, 0.29) is 24.4 Å². The van der Waals surface area contributed by atoms with Gasteiger partial charge in [0.15, 0.2) is 0 Å². The van der Waals surface area contributed by atoms with E-state index in [0.29, 0.717) is 0 Å². The van der Waals surface area contributed by atoms with E-state index in [1.807, 2.05) is 31.2 Å². The molecule has 0 aromatic heterocycles. The average Bonchev–Trinajstić information content (AvgIpc) is 2.50. The number of nitrogens with two attached hydrogens (primary N) is 1. The minimum Gasteiger partial charge on any atom is -0.491 e. The Labute approximate surface area is 139 Å². The van der Waals surface area contributed by atoms with Crippen LogP contribution in [0.2, 0.25) is 0 Å². The second kappa shape index (κ2) is 8.39. The lowest BCUT2D eigenvalue weighted by Gasteiger charge is -2.31. The molecule has 4 nitrogen and oxygen atoms in total. The molecule has 0 saturated heterocycles. The van der Waals surface area contributed by atoms with E-state index >= 15 is 0 Å². The first-order valence-corrected chi connectivity index (χ1v) is 7.90. The average molecular weight is 327 g/mol. The SMILES string of the molecule is CCC(C)Oc1ccc(NC(=O)C2(N)CCCCC2)cc1.Cl. The molecule has 1 aliphatic rings. The number of halogens is 1. The van der Waals surface area contributed by atoms with Gasteiger partial charge in [-0.2, -0.15) is 0 Å². The normalized spacial score (nSPS) is 18.0. The van der Waals surface area contributed by atoms with Crippen LogP contribution < -0.4 is 15.8 Å². The minimum absolute atomic E-state index is 0. The van der Waals surface area contributed by atoms with Crippen molar-refractivity contribution in [1.82, 2.24) is 0 Å². The molecule has 1 atom stereocenters. The number of hydrogen-bond acceptors (Lipinski definition) is 3. The van der Waals surface area contributed by atoms with Gasteiger partial charge in [0.2, 0.25) is 5.91 Å². The molecule has 1 aliphatic carbocycles. The number of carbonyl (C=O) groups excluding carboxylic acids is 1. The molecule has 22 heavy (non-hydrogen) atoms. The zero-order chi connectivity index (χ0) is 15.3. The molecule has 0 bridgehead atoms. The highest BCUT2D eigenvalue weighted by Gasteiger charge is 2.35. The van der Waals surface area contributed by atoms with Gasteiger partial charge in [0, 0.05) is 5.69 Å². The van der Waals surface area contributed by atoms with E-state index in [2.05, 4.69) is 12.2 Å². The molecule has 124 valence electrons. The Balaban J connectivity index is 0.00000242. The van der Waals surface area contributed by atoms with Crippen LogP contribution in [-0.4, -0.2) is 17.6 Å². The highest BCUT2D eigenvalue weighted by atomic mass is 35.5.